The lowest BCUT2D eigenvalue weighted by Crippen LogP contribution is -2.52. The highest BCUT2D eigenvalue weighted by atomic mass is 35.5. The quantitative estimate of drug-likeness (QED) is 0.382. The van der Waals surface area contributed by atoms with E-state index in [9.17, 15) is 9.59 Å². The molecular formula is C30H33ClN2O2. The summed E-state index contributed by atoms with van der Waals surface area (Å²) in [6, 6.07) is 27.1. The lowest BCUT2D eigenvalue weighted by atomic mass is 10.0. The van der Waals surface area contributed by atoms with E-state index in [0.29, 0.717) is 30.8 Å². The maximum absolute atomic E-state index is 13.7. The molecule has 0 aliphatic heterocycles. The molecule has 1 aliphatic rings. The number of carbonyl (C=O) groups is 2. The van der Waals surface area contributed by atoms with Crippen LogP contribution in [0.4, 0.5) is 0 Å². The van der Waals surface area contributed by atoms with E-state index in [0.717, 1.165) is 42.4 Å². The molecule has 3 aromatic rings. The fraction of sp³-hybridized carbons (Fsp3) is 0.333. The largest absolute Gasteiger partial charge is 0.352 e. The predicted octanol–water partition coefficient (Wildman–Crippen LogP) is 5.97. The molecule has 0 heterocycles. The Morgan fingerprint density at radius 3 is 2.06 bits per heavy atom. The number of nitrogens with zero attached hydrogens (tertiary/aromatic N) is 1. The Hall–Kier alpha value is -3.11. The third-order valence-electron chi connectivity index (χ3n) is 6.71. The van der Waals surface area contributed by atoms with Crippen molar-refractivity contribution in [2.45, 2.75) is 63.6 Å². The summed E-state index contributed by atoms with van der Waals surface area (Å²) in [6.45, 7) is 0.361. The average Bonchev–Trinajstić information content (AvgIpc) is 3.40. The zero-order chi connectivity index (χ0) is 24.5. The van der Waals surface area contributed by atoms with Gasteiger partial charge in [0.05, 0.1) is 0 Å². The van der Waals surface area contributed by atoms with Crippen molar-refractivity contribution in [1.29, 1.82) is 0 Å². The first kappa shape index (κ1) is 25.0. The van der Waals surface area contributed by atoms with Crippen LogP contribution in [0.15, 0.2) is 84.9 Å². The lowest BCUT2D eigenvalue weighted by Gasteiger charge is -2.32. The molecule has 5 heteroatoms. The third kappa shape index (κ3) is 7.43. The summed E-state index contributed by atoms with van der Waals surface area (Å²) in [5.74, 6) is -0.0888. The summed E-state index contributed by atoms with van der Waals surface area (Å²) in [4.78, 5) is 29.1. The number of nitrogens with one attached hydrogen (secondary N) is 1. The van der Waals surface area contributed by atoms with Crippen molar-refractivity contribution in [2.75, 3.05) is 0 Å². The van der Waals surface area contributed by atoms with Crippen molar-refractivity contribution in [2.24, 2.45) is 0 Å². The van der Waals surface area contributed by atoms with Gasteiger partial charge in [0.2, 0.25) is 11.8 Å². The van der Waals surface area contributed by atoms with Gasteiger partial charge in [-0.25, -0.2) is 0 Å². The molecule has 1 atom stereocenters. The molecule has 0 saturated heterocycles. The van der Waals surface area contributed by atoms with Gasteiger partial charge in [-0.15, -0.1) is 0 Å². The van der Waals surface area contributed by atoms with Crippen molar-refractivity contribution in [1.82, 2.24) is 10.2 Å². The Morgan fingerprint density at radius 2 is 1.43 bits per heavy atom. The van der Waals surface area contributed by atoms with Gasteiger partial charge in [-0.05, 0) is 48.1 Å². The van der Waals surface area contributed by atoms with Gasteiger partial charge in [0.1, 0.15) is 6.04 Å². The van der Waals surface area contributed by atoms with Crippen LogP contribution in [0, 0.1) is 0 Å². The van der Waals surface area contributed by atoms with Crippen LogP contribution in [0.1, 0.15) is 48.8 Å². The van der Waals surface area contributed by atoms with E-state index in [1.807, 2.05) is 84.9 Å². The second kappa shape index (κ2) is 12.6. The van der Waals surface area contributed by atoms with E-state index in [2.05, 4.69) is 5.32 Å². The van der Waals surface area contributed by atoms with Gasteiger partial charge in [0, 0.05) is 30.5 Å². The Kier molecular flexibility index (Phi) is 8.96. The van der Waals surface area contributed by atoms with Gasteiger partial charge in [-0.1, -0.05) is 97.2 Å². The van der Waals surface area contributed by atoms with Crippen molar-refractivity contribution in [3.8, 4) is 0 Å². The summed E-state index contributed by atoms with van der Waals surface area (Å²) >= 11 is 6.10. The summed E-state index contributed by atoms with van der Waals surface area (Å²) < 4.78 is 0. The molecule has 0 bridgehead atoms. The smallest absolute Gasteiger partial charge is 0.243 e. The number of hydrogen-bond donors (Lipinski definition) is 1. The summed E-state index contributed by atoms with van der Waals surface area (Å²) in [7, 11) is 0. The Morgan fingerprint density at radius 1 is 0.829 bits per heavy atom. The summed E-state index contributed by atoms with van der Waals surface area (Å²) in [5, 5.41) is 3.90. The Bertz CT molecular complexity index is 1080. The van der Waals surface area contributed by atoms with Gasteiger partial charge in [-0.3, -0.25) is 9.59 Å². The minimum absolute atomic E-state index is 0.0219. The number of carbonyl (C=O) groups excluding carboxylic acids is 2. The summed E-state index contributed by atoms with van der Waals surface area (Å²) in [6.07, 6.45) is 5.74. The molecule has 35 heavy (non-hydrogen) atoms. The highest BCUT2D eigenvalue weighted by molar-refractivity contribution is 6.30. The lowest BCUT2D eigenvalue weighted by molar-refractivity contribution is -0.141. The molecule has 0 unspecified atom stereocenters. The van der Waals surface area contributed by atoms with Crippen LogP contribution >= 0.6 is 11.6 Å². The second-order valence-electron chi connectivity index (χ2n) is 9.33. The van der Waals surface area contributed by atoms with Gasteiger partial charge >= 0.3 is 0 Å². The van der Waals surface area contributed by atoms with E-state index in [1.54, 1.807) is 4.90 Å². The molecular weight excluding hydrogens is 456 g/mol. The maximum atomic E-state index is 13.7. The highest BCUT2D eigenvalue weighted by Crippen LogP contribution is 2.21. The third-order valence-corrected chi connectivity index (χ3v) is 6.96. The van der Waals surface area contributed by atoms with Crippen molar-refractivity contribution < 1.29 is 9.59 Å². The molecule has 182 valence electrons. The first-order valence-electron chi connectivity index (χ1n) is 12.5. The van der Waals surface area contributed by atoms with Crippen LogP contribution < -0.4 is 5.32 Å². The van der Waals surface area contributed by atoms with Crippen LogP contribution in [-0.2, 0) is 29.0 Å². The first-order valence-corrected chi connectivity index (χ1v) is 12.9. The zero-order valence-corrected chi connectivity index (χ0v) is 20.8. The zero-order valence-electron chi connectivity index (χ0n) is 20.0. The molecule has 0 spiro atoms. The minimum atomic E-state index is -0.586. The van der Waals surface area contributed by atoms with Crippen molar-refractivity contribution in [3.63, 3.8) is 0 Å². The number of aryl methyl sites for hydroxylation is 1. The van der Waals surface area contributed by atoms with Crippen LogP contribution in [0.25, 0.3) is 0 Å². The van der Waals surface area contributed by atoms with Crippen LogP contribution in [0.3, 0.4) is 0 Å². The number of hydrogen-bond acceptors (Lipinski definition) is 2. The molecule has 1 aliphatic carbocycles. The molecule has 4 rings (SSSR count). The van der Waals surface area contributed by atoms with E-state index >= 15 is 0 Å². The van der Waals surface area contributed by atoms with E-state index in [1.165, 1.54) is 0 Å². The number of halogens is 1. The molecule has 0 aromatic heterocycles. The van der Waals surface area contributed by atoms with Gasteiger partial charge in [0.25, 0.3) is 0 Å². The molecule has 1 N–H and O–H groups in total. The predicted molar refractivity (Wildman–Crippen MR) is 141 cm³/mol. The number of amides is 2. The number of benzene rings is 3. The molecule has 2 amide bonds. The molecule has 1 saturated carbocycles. The molecule has 0 radical (unpaired) electrons. The summed E-state index contributed by atoms with van der Waals surface area (Å²) in [5.41, 5.74) is 3.10. The highest BCUT2D eigenvalue weighted by Gasteiger charge is 2.32. The van der Waals surface area contributed by atoms with Crippen LogP contribution in [-0.4, -0.2) is 28.8 Å². The average molecular weight is 489 g/mol. The van der Waals surface area contributed by atoms with Crippen LogP contribution in [0.5, 0.6) is 0 Å². The van der Waals surface area contributed by atoms with E-state index < -0.39 is 6.04 Å². The topological polar surface area (TPSA) is 49.4 Å². The monoisotopic (exact) mass is 488 g/mol. The molecule has 4 nitrogen and oxygen atoms in total. The number of rotatable bonds is 10. The minimum Gasteiger partial charge on any atom is -0.352 e. The van der Waals surface area contributed by atoms with Gasteiger partial charge in [0.15, 0.2) is 0 Å². The fourth-order valence-corrected chi connectivity index (χ4v) is 4.87. The van der Waals surface area contributed by atoms with Crippen molar-refractivity contribution >= 4 is 23.4 Å². The van der Waals surface area contributed by atoms with Crippen molar-refractivity contribution in [3.05, 3.63) is 107 Å². The first-order chi connectivity index (χ1) is 17.1. The van der Waals surface area contributed by atoms with E-state index in [-0.39, 0.29) is 17.9 Å². The van der Waals surface area contributed by atoms with Gasteiger partial charge in [-0.2, -0.15) is 0 Å². The molecule has 1 fully saturated rings. The standard InChI is InChI=1S/C30H33ClN2O2/c31-26-18-15-25(16-19-26)22-33(29(34)20-17-23-9-3-1-4-10-23)28(21-24-11-5-2-6-12-24)30(35)32-27-13-7-8-14-27/h1-6,9-12,15-16,18-19,27-28H,7-8,13-14,17,20-22H2,(H,32,35)/t28-/m0/s1. The molecule has 3 aromatic carbocycles. The maximum Gasteiger partial charge on any atom is 0.243 e. The Labute approximate surface area is 213 Å². The van der Waals surface area contributed by atoms with E-state index in [4.69, 9.17) is 11.6 Å². The Balaban J connectivity index is 1.60. The normalized spacial score (nSPS) is 14.4. The van der Waals surface area contributed by atoms with Gasteiger partial charge < -0.3 is 10.2 Å². The second-order valence-corrected chi connectivity index (χ2v) is 9.77. The SMILES string of the molecule is O=C(NC1CCCC1)[C@H](Cc1ccccc1)N(Cc1ccc(Cl)cc1)C(=O)CCc1ccccc1. The van der Waals surface area contributed by atoms with Crippen LogP contribution in [0.2, 0.25) is 5.02 Å². The fourth-order valence-electron chi connectivity index (χ4n) is 4.75.